The number of nitrogens with two attached hydrogens (primary N) is 1. The van der Waals surface area contributed by atoms with E-state index in [4.69, 9.17) is 10.8 Å². The summed E-state index contributed by atoms with van der Waals surface area (Å²) in [5, 5.41) is 12.3. The van der Waals surface area contributed by atoms with Crippen molar-refractivity contribution in [3.63, 3.8) is 0 Å². The fraction of sp³-hybridized carbons (Fsp3) is 0.538. The van der Waals surface area contributed by atoms with E-state index in [0.717, 1.165) is 25.8 Å². The first kappa shape index (κ1) is 11.6. The van der Waals surface area contributed by atoms with E-state index in [9.17, 15) is 0 Å². The maximum atomic E-state index is 8.80. The first-order valence-electron chi connectivity index (χ1n) is 5.92. The standard InChI is InChI=1S/C13H20N2O/c14-10-13(15-6-3-7-16)8-11-4-1-2-5-12(11)9-13/h1-2,4-5,15-16H,3,6-10,14H2. The van der Waals surface area contributed by atoms with Crippen LogP contribution in [0.1, 0.15) is 17.5 Å². The molecule has 0 saturated carbocycles. The Hall–Kier alpha value is -0.900. The largest absolute Gasteiger partial charge is 0.396 e. The maximum absolute atomic E-state index is 8.80. The van der Waals surface area contributed by atoms with Crippen molar-refractivity contribution in [2.75, 3.05) is 19.7 Å². The lowest BCUT2D eigenvalue weighted by Gasteiger charge is -2.29. The van der Waals surface area contributed by atoms with Crippen LogP contribution in [-0.2, 0) is 12.8 Å². The summed E-state index contributed by atoms with van der Waals surface area (Å²) in [6, 6.07) is 8.53. The van der Waals surface area contributed by atoms with Crippen LogP contribution in [0.4, 0.5) is 0 Å². The topological polar surface area (TPSA) is 58.3 Å². The number of rotatable bonds is 5. The highest BCUT2D eigenvalue weighted by atomic mass is 16.3. The summed E-state index contributed by atoms with van der Waals surface area (Å²) in [4.78, 5) is 0. The highest BCUT2D eigenvalue weighted by molar-refractivity contribution is 5.36. The van der Waals surface area contributed by atoms with Gasteiger partial charge in [0.1, 0.15) is 0 Å². The number of aliphatic hydroxyl groups is 1. The van der Waals surface area contributed by atoms with Crippen LogP contribution in [0.5, 0.6) is 0 Å². The van der Waals surface area contributed by atoms with Crippen molar-refractivity contribution in [3.8, 4) is 0 Å². The van der Waals surface area contributed by atoms with Gasteiger partial charge in [-0.15, -0.1) is 0 Å². The molecule has 88 valence electrons. The van der Waals surface area contributed by atoms with Gasteiger partial charge in [-0.2, -0.15) is 0 Å². The van der Waals surface area contributed by atoms with Crippen molar-refractivity contribution >= 4 is 0 Å². The predicted molar refractivity (Wildman–Crippen MR) is 65.3 cm³/mol. The Morgan fingerprint density at radius 1 is 1.25 bits per heavy atom. The monoisotopic (exact) mass is 220 g/mol. The van der Waals surface area contributed by atoms with Gasteiger partial charge >= 0.3 is 0 Å². The average Bonchev–Trinajstić information content (AvgIpc) is 2.68. The molecule has 1 aromatic rings. The van der Waals surface area contributed by atoms with Crippen molar-refractivity contribution in [1.29, 1.82) is 0 Å². The highest BCUT2D eigenvalue weighted by Gasteiger charge is 2.34. The minimum atomic E-state index is 0.0128. The third kappa shape index (κ3) is 2.26. The van der Waals surface area contributed by atoms with Gasteiger partial charge in [-0.05, 0) is 36.9 Å². The molecule has 0 aromatic heterocycles. The maximum Gasteiger partial charge on any atom is 0.0443 e. The SMILES string of the molecule is NCC1(NCCCO)Cc2ccccc2C1. The Bertz CT molecular complexity index is 327. The van der Waals surface area contributed by atoms with Crippen molar-refractivity contribution in [2.45, 2.75) is 24.8 Å². The summed E-state index contributed by atoms with van der Waals surface area (Å²) in [6.45, 7) is 1.72. The Labute approximate surface area is 96.7 Å². The highest BCUT2D eigenvalue weighted by Crippen LogP contribution is 2.29. The number of benzene rings is 1. The van der Waals surface area contributed by atoms with Crippen molar-refractivity contribution in [1.82, 2.24) is 5.32 Å². The molecule has 1 aliphatic carbocycles. The summed E-state index contributed by atoms with van der Waals surface area (Å²) in [7, 11) is 0. The summed E-state index contributed by atoms with van der Waals surface area (Å²) in [5.74, 6) is 0. The Morgan fingerprint density at radius 3 is 2.38 bits per heavy atom. The smallest absolute Gasteiger partial charge is 0.0443 e. The van der Waals surface area contributed by atoms with Crippen LogP contribution in [0.25, 0.3) is 0 Å². The van der Waals surface area contributed by atoms with Gasteiger partial charge in [0.05, 0.1) is 0 Å². The lowest BCUT2D eigenvalue weighted by atomic mass is 9.95. The zero-order chi connectivity index (χ0) is 11.4. The number of hydrogen-bond donors (Lipinski definition) is 3. The van der Waals surface area contributed by atoms with Crippen LogP contribution in [0.2, 0.25) is 0 Å². The molecule has 0 fully saturated rings. The molecule has 3 nitrogen and oxygen atoms in total. The predicted octanol–water partition coefficient (Wildman–Crippen LogP) is 0.455. The molecule has 0 saturated heterocycles. The van der Waals surface area contributed by atoms with Crippen LogP contribution in [0.15, 0.2) is 24.3 Å². The van der Waals surface area contributed by atoms with Crippen LogP contribution in [-0.4, -0.2) is 30.3 Å². The van der Waals surface area contributed by atoms with Gasteiger partial charge in [0.15, 0.2) is 0 Å². The molecule has 1 aliphatic rings. The molecule has 0 heterocycles. The molecular formula is C13H20N2O. The second kappa shape index (κ2) is 4.95. The molecule has 0 aliphatic heterocycles. The minimum absolute atomic E-state index is 0.0128. The van der Waals surface area contributed by atoms with Gasteiger partial charge in [0.2, 0.25) is 0 Å². The van der Waals surface area contributed by atoms with E-state index >= 15 is 0 Å². The Balaban J connectivity index is 2.04. The third-order valence-corrected chi connectivity index (χ3v) is 3.40. The van der Waals surface area contributed by atoms with Crippen LogP contribution >= 0.6 is 0 Å². The van der Waals surface area contributed by atoms with E-state index < -0.39 is 0 Å². The fourth-order valence-corrected chi connectivity index (χ4v) is 2.47. The van der Waals surface area contributed by atoms with Gasteiger partial charge < -0.3 is 16.2 Å². The average molecular weight is 220 g/mol. The second-order valence-electron chi connectivity index (χ2n) is 4.61. The summed E-state index contributed by atoms with van der Waals surface area (Å²) in [5.41, 5.74) is 8.73. The van der Waals surface area contributed by atoms with Gasteiger partial charge in [-0.3, -0.25) is 0 Å². The molecule has 1 aromatic carbocycles. The zero-order valence-electron chi connectivity index (χ0n) is 9.58. The first-order chi connectivity index (χ1) is 7.79. The molecule has 0 spiro atoms. The molecule has 0 unspecified atom stereocenters. The molecule has 0 radical (unpaired) electrons. The molecule has 4 N–H and O–H groups in total. The summed E-state index contributed by atoms with van der Waals surface area (Å²) >= 11 is 0. The van der Waals surface area contributed by atoms with Crippen LogP contribution in [0.3, 0.4) is 0 Å². The molecule has 16 heavy (non-hydrogen) atoms. The van der Waals surface area contributed by atoms with E-state index in [1.54, 1.807) is 0 Å². The molecule has 0 amide bonds. The lowest BCUT2D eigenvalue weighted by molar-refractivity contribution is 0.269. The van der Waals surface area contributed by atoms with Gasteiger partial charge in [-0.1, -0.05) is 24.3 Å². The molecule has 2 rings (SSSR count). The Morgan fingerprint density at radius 2 is 1.88 bits per heavy atom. The number of nitrogens with one attached hydrogen (secondary N) is 1. The summed E-state index contributed by atoms with van der Waals surface area (Å²) < 4.78 is 0. The van der Waals surface area contributed by atoms with Gasteiger partial charge in [0, 0.05) is 18.7 Å². The zero-order valence-corrected chi connectivity index (χ0v) is 9.58. The molecule has 3 heteroatoms. The number of fused-ring (bicyclic) bond motifs is 1. The van der Waals surface area contributed by atoms with E-state index in [-0.39, 0.29) is 12.1 Å². The molecular weight excluding hydrogens is 200 g/mol. The van der Waals surface area contributed by atoms with Crippen LogP contribution in [0, 0.1) is 0 Å². The second-order valence-corrected chi connectivity index (χ2v) is 4.61. The van der Waals surface area contributed by atoms with E-state index in [2.05, 4.69) is 29.6 Å². The summed E-state index contributed by atoms with van der Waals surface area (Å²) in [6.07, 6.45) is 2.80. The van der Waals surface area contributed by atoms with Gasteiger partial charge in [0.25, 0.3) is 0 Å². The van der Waals surface area contributed by atoms with E-state index in [1.165, 1.54) is 11.1 Å². The Kier molecular flexibility index (Phi) is 3.59. The molecule has 0 atom stereocenters. The van der Waals surface area contributed by atoms with E-state index in [1.807, 2.05) is 0 Å². The van der Waals surface area contributed by atoms with Crippen molar-refractivity contribution in [3.05, 3.63) is 35.4 Å². The third-order valence-electron chi connectivity index (χ3n) is 3.40. The minimum Gasteiger partial charge on any atom is -0.396 e. The van der Waals surface area contributed by atoms with E-state index in [0.29, 0.717) is 6.54 Å². The normalized spacial score (nSPS) is 17.4. The van der Waals surface area contributed by atoms with Crippen LogP contribution < -0.4 is 11.1 Å². The quantitative estimate of drug-likeness (QED) is 0.632. The molecule has 0 bridgehead atoms. The van der Waals surface area contributed by atoms with Crippen molar-refractivity contribution in [2.24, 2.45) is 5.73 Å². The first-order valence-corrected chi connectivity index (χ1v) is 5.92. The lowest BCUT2D eigenvalue weighted by Crippen LogP contribution is -2.52. The fourth-order valence-electron chi connectivity index (χ4n) is 2.47. The number of hydrogen-bond acceptors (Lipinski definition) is 3. The van der Waals surface area contributed by atoms with Crippen molar-refractivity contribution < 1.29 is 5.11 Å². The number of aliphatic hydroxyl groups excluding tert-OH is 1. The van der Waals surface area contributed by atoms with Gasteiger partial charge in [-0.25, -0.2) is 0 Å².